The molecule has 1 amide bonds. The predicted molar refractivity (Wildman–Crippen MR) is 123 cm³/mol. The fourth-order valence-corrected chi connectivity index (χ4v) is 4.99. The lowest BCUT2D eigenvalue weighted by Crippen LogP contribution is -2.32. The van der Waals surface area contributed by atoms with Crippen molar-refractivity contribution in [1.29, 1.82) is 0 Å². The zero-order valence-electron chi connectivity index (χ0n) is 17.4. The van der Waals surface area contributed by atoms with Crippen molar-refractivity contribution in [2.45, 2.75) is 18.4 Å². The number of fused-ring (bicyclic) bond motifs is 4. The summed E-state index contributed by atoms with van der Waals surface area (Å²) in [7, 11) is 0. The molecule has 0 saturated heterocycles. The Hall–Kier alpha value is -3.52. The van der Waals surface area contributed by atoms with Gasteiger partial charge in [-0.2, -0.15) is 0 Å². The Balaban J connectivity index is 1.33. The number of alkyl carbamates (subject to hydrolysis) is 1. The van der Waals surface area contributed by atoms with Crippen molar-refractivity contribution in [3.63, 3.8) is 0 Å². The second kappa shape index (κ2) is 8.78. The zero-order valence-corrected chi connectivity index (χ0v) is 19.0. The van der Waals surface area contributed by atoms with Gasteiger partial charge in [-0.1, -0.05) is 64.5 Å². The second-order valence-corrected chi connectivity index (χ2v) is 8.70. The summed E-state index contributed by atoms with van der Waals surface area (Å²) in [5.41, 5.74) is 5.04. The van der Waals surface area contributed by atoms with Crippen LogP contribution in [0.4, 0.5) is 4.79 Å². The summed E-state index contributed by atoms with van der Waals surface area (Å²) in [6.45, 7) is 0.233. The number of halogens is 1. The summed E-state index contributed by atoms with van der Waals surface area (Å²) in [6, 6.07) is 18.7. The van der Waals surface area contributed by atoms with Crippen LogP contribution in [0.15, 0.2) is 65.1 Å². The molecule has 1 aliphatic carbocycles. The molecule has 0 radical (unpaired) electrons. The van der Waals surface area contributed by atoms with Crippen LogP contribution >= 0.6 is 15.9 Å². The molecule has 8 heteroatoms. The van der Waals surface area contributed by atoms with E-state index in [9.17, 15) is 14.7 Å². The fraction of sp³-hybridized carbons (Fsp3) is 0.200. The maximum absolute atomic E-state index is 12.7. The van der Waals surface area contributed by atoms with E-state index in [0.717, 1.165) is 22.3 Å². The first-order chi connectivity index (χ1) is 16.0. The van der Waals surface area contributed by atoms with Crippen molar-refractivity contribution in [3.05, 3.63) is 81.8 Å². The lowest BCUT2D eigenvalue weighted by Gasteiger charge is -2.20. The quantitative estimate of drug-likeness (QED) is 0.472. The monoisotopic (exact) mass is 509 g/mol. The molecule has 3 aromatic rings. The SMILES string of the molecule is O=C(O)CC(NC(=O)OCC1c2ccccc2-c2ccccc21)c1cc2c(cc1Br)OCO2. The average molecular weight is 510 g/mol. The van der Waals surface area contributed by atoms with Crippen molar-refractivity contribution in [2.75, 3.05) is 13.4 Å². The Morgan fingerprint density at radius 3 is 2.27 bits per heavy atom. The number of carboxylic acid groups (broad SMARTS) is 1. The van der Waals surface area contributed by atoms with Gasteiger partial charge in [-0.15, -0.1) is 0 Å². The highest BCUT2D eigenvalue weighted by Gasteiger charge is 2.30. The van der Waals surface area contributed by atoms with E-state index >= 15 is 0 Å². The molecule has 1 atom stereocenters. The molecule has 0 aromatic heterocycles. The molecule has 2 N–H and O–H groups in total. The van der Waals surface area contributed by atoms with Gasteiger partial charge >= 0.3 is 12.1 Å². The number of nitrogens with one attached hydrogen (secondary N) is 1. The third-order valence-corrected chi connectivity index (χ3v) is 6.57. The normalized spacial score (nSPS) is 14.3. The standard InChI is InChI=1S/C25H20BrNO6/c26-20-10-23-22(32-13-33-23)9-18(20)21(11-24(28)29)27-25(30)31-12-19-16-7-3-1-5-14(16)15-6-2-4-8-17(15)19/h1-10,19,21H,11-13H2,(H,27,30)(H,28,29). The number of carboxylic acids is 1. The average Bonchev–Trinajstić information content (AvgIpc) is 3.38. The highest BCUT2D eigenvalue weighted by molar-refractivity contribution is 9.10. The molecule has 1 heterocycles. The minimum absolute atomic E-state index is 0.0849. The molecular formula is C25H20BrNO6. The van der Waals surface area contributed by atoms with Gasteiger partial charge in [0, 0.05) is 10.4 Å². The zero-order chi connectivity index (χ0) is 22.9. The van der Waals surface area contributed by atoms with Crippen molar-refractivity contribution in [2.24, 2.45) is 0 Å². The Morgan fingerprint density at radius 2 is 1.64 bits per heavy atom. The lowest BCUT2D eigenvalue weighted by molar-refractivity contribution is -0.137. The Kier molecular flexibility index (Phi) is 5.68. The Bertz CT molecular complexity index is 1200. The molecule has 3 aromatic carbocycles. The van der Waals surface area contributed by atoms with Crippen LogP contribution in [-0.2, 0) is 9.53 Å². The largest absolute Gasteiger partial charge is 0.481 e. The van der Waals surface area contributed by atoms with Gasteiger partial charge < -0.3 is 24.6 Å². The number of amides is 1. The van der Waals surface area contributed by atoms with Crippen LogP contribution in [0.1, 0.15) is 35.1 Å². The number of hydrogen-bond donors (Lipinski definition) is 2. The summed E-state index contributed by atoms with van der Waals surface area (Å²) in [5.74, 6) is -0.0827. The van der Waals surface area contributed by atoms with Gasteiger partial charge in [-0.25, -0.2) is 4.79 Å². The van der Waals surface area contributed by atoms with E-state index in [1.165, 1.54) is 0 Å². The molecule has 1 aliphatic heterocycles. The number of benzene rings is 3. The summed E-state index contributed by atoms with van der Waals surface area (Å²) >= 11 is 3.44. The van der Waals surface area contributed by atoms with E-state index in [-0.39, 0.29) is 25.7 Å². The molecule has 0 fully saturated rings. The number of aliphatic carboxylic acids is 1. The van der Waals surface area contributed by atoms with Crippen molar-refractivity contribution in [1.82, 2.24) is 5.32 Å². The predicted octanol–water partition coefficient (Wildman–Crippen LogP) is 5.23. The van der Waals surface area contributed by atoms with Gasteiger partial charge in [0.25, 0.3) is 0 Å². The van der Waals surface area contributed by atoms with E-state index in [4.69, 9.17) is 14.2 Å². The molecule has 0 saturated carbocycles. The van der Waals surface area contributed by atoms with E-state index in [2.05, 4.69) is 33.4 Å². The van der Waals surface area contributed by atoms with Crippen LogP contribution in [-0.4, -0.2) is 30.6 Å². The second-order valence-electron chi connectivity index (χ2n) is 7.85. The molecular weight excluding hydrogens is 490 g/mol. The van der Waals surface area contributed by atoms with Gasteiger partial charge in [0.2, 0.25) is 6.79 Å². The van der Waals surface area contributed by atoms with Crippen LogP contribution in [0.5, 0.6) is 11.5 Å². The molecule has 5 rings (SSSR count). The number of carbonyl (C=O) groups excluding carboxylic acids is 1. The summed E-state index contributed by atoms with van der Waals surface area (Å²) in [4.78, 5) is 24.2. The van der Waals surface area contributed by atoms with Gasteiger partial charge in [-0.3, -0.25) is 4.79 Å². The van der Waals surface area contributed by atoms with E-state index in [1.807, 2.05) is 36.4 Å². The van der Waals surface area contributed by atoms with E-state index in [1.54, 1.807) is 12.1 Å². The molecule has 168 valence electrons. The first-order valence-corrected chi connectivity index (χ1v) is 11.2. The van der Waals surface area contributed by atoms with Crippen molar-refractivity contribution in [3.8, 4) is 22.6 Å². The maximum Gasteiger partial charge on any atom is 0.407 e. The first-order valence-electron chi connectivity index (χ1n) is 10.4. The third-order valence-electron chi connectivity index (χ3n) is 5.88. The minimum Gasteiger partial charge on any atom is -0.481 e. The van der Waals surface area contributed by atoms with Crippen LogP contribution in [0.3, 0.4) is 0 Å². The number of hydrogen-bond acceptors (Lipinski definition) is 5. The van der Waals surface area contributed by atoms with Crippen molar-refractivity contribution >= 4 is 28.0 Å². The first kappa shape index (κ1) is 21.3. The van der Waals surface area contributed by atoms with Gasteiger partial charge in [-0.05, 0) is 39.9 Å². The summed E-state index contributed by atoms with van der Waals surface area (Å²) < 4.78 is 16.9. The van der Waals surface area contributed by atoms with Crippen LogP contribution in [0.2, 0.25) is 0 Å². The molecule has 2 aliphatic rings. The van der Waals surface area contributed by atoms with Crippen molar-refractivity contribution < 1.29 is 28.9 Å². The molecule has 7 nitrogen and oxygen atoms in total. The number of carbonyl (C=O) groups is 2. The number of ether oxygens (including phenoxy) is 3. The number of rotatable bonds is 6. The molecule has 33 heavy (non-hydrogen) atoms. The topological polar surface area (TPSA) is 94.1 Å². The smallest absolute Gasteiger partial charge is 0.407 e. The van der Waals surface area contributed by atoms with Crippen LogP contribution < -0.4 is 14.8 Å². The molecule has 1 unspecified atom stereocenters. The highest BCUT2D eigenvalue weighted by Crippen LogP contribution is 2.44. The summed E-state index contributed by atoms with van der Waals surface area (Å²) in [6.07, 6.45) is -1.00. The third kappa shape index (κ3) is 4.14. The van der Waals surface area contributed by atoms with Crippen LogP contribution in [0, 0.1) is 0 Å². The lowest BCUT2D eigenvalue weighted by atomic mass is 9.98. The van der Waals surface area contributed by atoms with E-state index in [0.29, 0.717) is 21.5 Å². The molecule has 0 bridgehead atoms. The van der Waals surface area contributed by atoms with Crippen LogP contribution in [0.25, 0.3) is 11.1 Å². The van der Waals surface area contributed by atoms with Gasteiger partial charge in [0.1, 0.15) is 6.61 Å². The maximum atomic E-state index is 12.7. The molecule has 0 spiro atoms. The highest BCUT2D eigenvalue weighted by atomic mass is 79.9. The Labute approximate surface area is 198 Å². The Morgan fingerprint density at radius 1 is 1.03 bits per heavy atom. The van der Waals surface area contributed by atoms with Gasteiger partial charge in [0.05, 0.1) is 12.5 Å². The summed E-state index contributed by atoms with van der Waals surface area (Å²) in [5, 5.41) is 12.1. The van der Waals surface area contributed by atoms with E-state index < -0.39 is 18.1 Å². The minimum atomic E-state index is -1.05. The van der Waals surface area contributed by atoms with Gasteiger partial charge in [0.15, 0.2) is 11.5 Å². The fourth-order valence-electron chi connectivity index (χ4n) is 4.40.